The van der Waals surface area contributed by atoms with Gasteiger partial charge in [0.25, 0.3) is 5.91 Å². The second-order valence-corrected chi connectivity index (χ2v) is 6.65. The van der Waals surface area contributed by atoms with E-state index >= 15 is 0 Å². The number of halogens is 1. The summed E-state index contributed by atoms with van der Waals surface area (Å²) in [6, 6.07) is 6.13. The predicted molar refractivity (Wildman–Crippen MR) is 80.7 cm³/mol. The van der Waals surface area contributed by atoms with Crippen molar-refractivity contribution in [2.75, 3.05) is 6.54 Å². The summed E-state index contributed by atoms with van der Waals surface area (Å²) < 4.78 is 18.7. The lowest BCUT2D eigenvalue weighted by molar-refractivity contribution is -0.146. The summed E-state index contributed by atoms with van der Waals surface area (Å²) in [4.78, 5) is 14.7. The van der Waals surface area contributed by atoms with Crippen LogP contribution in [0.5, 0.6) is 5.75 Å². The summed E-state index contributed by atoms with van der Waals surface area (Å²) >= 11 is 0. The van der Waals surface area contributed by atoms with Crippen LogP contribution in [-0.2, 0) is 4.79 Å². The van der Waals surface area contributed by atoms with Crippen LogP contribution in [0, 0.1) is 11.7 Å². The van der Waals surface area contributed by atoms with Crippen molar-refractivity contribution in [1.29, 1.82) is 0 Å². The van der Waals surface area contributed by atoms with Gasteiger partial charge in [0.05, 0.1) is 0 Å². The van der Waals surface area contributed by atoms with Gasteiger partial charge in [0.1, 0.15) is 11.6 Å². The lowest BCUT2D eigenvalue weighted by Gasteiger charge is -2.33. The Morgan fingerprint density at radius 3 is 2.38 bits per heavy atom. The third kappa shape index (κ3) is 4.19. The molecule has 0 aromatic heterocycles. The maximum atomic E-state index is 12.9. The first-order chi connectivity index (χ1) is 9.79. The highest BCUT2D eigenvalue weighted by atomic mass is 19.1. The van der Waals surface area contributed by atoms with E-state index in [4.69, 9.17) is 4.74 Å². The second kappa shape index (κ2) is 6.04. The summed E-state index contributed by atoms with van der Waals surface area (Å²) in [6.07, 6.45) is 2.15. The van der Waals surface area contributed by atoms with Crippen molar-refractivity contribution in [2.24, 2.45) is 5.92 Å². The summed E-state index contributed by atoms with van der Waals surface area (Å²) in [5.41, 5.74) is -0.949. The smallest absolute Gasteiger partial charge is 0.266 e. The minimum atomic E-state index is -0.949. The molecule has 0 spiro atoms. The lowest BCUT2D eigenvalue weighted by atomic mass is 10.1. The van der Waals surface area contributed by atoms with Crippen LogP contribution in [0.4, 0.5) is 4.39 Å². The van der Waals surface area contributed by atoms with Gasteiger partial charge < -0.3 is 9.64 Å². The maximum Gasteiger partial charge on any atom is 0.266 e. The van der Waals surface area contributed by atoms with Gasteiger partial charge in [-0.2, -0.15) is 0 Å². The number of rotatable bonds is 6. The molecule has 0 unspecified atom stereocenters. The van der Waals surface area contributed by atoms with Gasteiger partial charge in [-0.05, 0) is 56.9 Å². The number of benzene rings is 1. The van der Waals surface area contributed by atoms with Crippen molar-refractivity contribution in [3.05, 3.63) is 30.1 Å². The first kappa shape index (κ1) is 15.8. The van der Waals surface area contributed by atoms with Gasteiger partial charge in [-0.1, -0.05) is 13.8 Å². The molecule has 1 amide bonds. The minimum absolute atomic E-state index is 0.00280. The van der Waals surface area contributed by atoms with Crippen molar-refractivity contribution in [1.82, 2.24) is 4.90 Å². The van der Waals surface area contributed by atoms with E-state index in [2.05, 4.69) is 13.8 Å². The van der Waals surface area contributed by atoms with Gasteiger partial charge >= 0.3 is 0 Å². The molecular formula is C17H24FNO2. The zero-order chi connectivity index (χ0) is 15.6. The number of hydrogen-bond donors (Lipinski definition) is 0. The molecule has 4 heteroatoms. The van der Waals surface area contributed by atoms with Crippen LogP contribution in [0.3, 0.4) is 0 Å². The SMILES string of the molecule is CC(C)CN(C(=O)C(C)(C)Oc1ccc(F)cc1)C1CC1. The second-order valence-electron chi connectivity index (χ2n) is 6.65. The predicted octanol–water partition coefficient (Wildman–Crippen LogP) is 3.63. The monoisotopic (exact) mass is 293 g/mol. The van der Waals surface area contributed by atoms with E-state index in [0.29, 0.717) is 17.7 Å². The highest BCUT2D eigenvalue weighted by molar-refractivity contribution is 5.85. The number of carbonyl (C=O) groups excluding carboxylic acids is 1. The number of amides is 1. The van der Waals surface area contributed by atoms with Crippen molar-refractivity contribution < 1.29 is 13.9 Å². The van der Waals surface area contributed by atoms with E-state index in [1.165, 1.54) is 12.1 Å². The quantitative estimate of drug-likeness (QED) is 0.801. The van der Waals surface area contributed by atoms with Crippen molar-refractivity contribution in [3.8, 4) is 5.75 Å². The molecule has 1 aliphatic carbocycles. The first-order valence-corrected chi connectivity index (χ1v) is 7.55. The molecule has 0 N–H and O–H groups in total. The molecule has 21 heavy (non-hydrogen) atoms. The van der Waals surface area contributed by atoms with E-state index in [0.717, 1.165) is 19.4 Å². The molecule has 1 fully saturated rings. The molecule has 3 nitrogen and oxygen atoms in total. The number of hydrogen-bond acceptors (Lipinski definition) is 2. The highest BCUT2D eigenvalue weighted by Gasteiger charge is 2.41. The van der Waals surface area contributed by atoms with Crippen molar-refractivity contribution in [3.63, 3.8) is 0 Å². The molecular weight excluding hydrogens is 269 g/mol. The third-order valence-electron chi connectivity index (χ3n) is 3.51. The van der Waals surface area contributed by atoms with Gasteiger partial charge in [0, 0.05) is 12.6 Å². The zero-order valence-corrected chi connectivity index (χ0v) is 13.2. The molecule has 0 aliphatic heterocycles. The minimum Gasteiger partial charge on any atom is -0.478 e. The zero-order valence-electron chi connectivity index (χ0n) is 13.2. The fourth-order valence-electron chi connectivity index (χ4n) is 2.36. The van der Waals surface area contributed by atoms with Gasteiger partial charge in [0.15, 0.2) is 5.60 Å². The fourth-order valence-corrected chi connectivity index (χ4v) is 2.36. The van der Waals surface area contributed by atoms with Crippen LogP contribution in [0.15, 0.2) is 24.3 Å². The molecule has 0 heterocycles. The summed E-state index contributed by atoms with van der Waals surface area (Å²) in [7, 11) is 0. The fraction of sp³-hybridized carbons (Fsp3) is 0.588. The van der Waals surface area contributed by atoms with Gasteiger partial charge in [-0.15, -0.1) is 0 Å². The Labute approximate surface area is 126 Å². The van der Waals surface area contributed by atoms with Gasteiger partial charge in [-0.25, -0.2) is 4.39 Å². The molecule has 1 aromatic rings. The molecule has 1 aromatic carbocycles. The van der Waals surface area contributed by atoms with Crippen LogP contribution in [0.1, 0.15) is 40.5 Å². The summed E-state index contributed by atoms with van der Waals surface area (Å²) in [5.74, 6) is 0.625. The topological polar surface area (TPSA) is 29.5 Å². The summed E-state index contributed by atoms with van der Waals surface area (Å²) in [6.45, 7) is 8.51. The van der Waals surface area contributed by atoms with Crippen LogP contribution >= 0.6 is 0 Å². The largest absolute Gasteiger partial charge is 0.478 e. The number of ether oxygens (including phenoxy) is 1. The van der Waals surface area contributed by atoms with E-state index in [-0.39, 0.29) is 11.7 Å². The molecule has 0 atom stereocenters. The van der Waals surface area contributed by atoms with Crippen LogP contribution in [-0.4, -0.2) is 29.0 Å². The average molecular weight is 293 g/mol. The Balaban J connectivity index is 2.08. The van der Waals surface area contributed by atoms with Gasteiger partial charge in [-0.3, -0.25) is 4.79 Å². The Hall–Kier alpha value is -1.58. The van der Waals surface area contributed by atoms with Gasteiger partial charge in [0.2, 0.25) is 0 Å². The molecule has 116 valence electrons. The van der Waals surface area contributed by atoms with E-state index in [1.807, 2.05) is 4.90 Å². The molecule has 0 saturated heterocycles. The van der Waals surface area contributed by atoms with Crippen LogP contribution in [0.2, 0.25) is 0 Å². The molecule has 0 bridgehead atoms. The number of nitrogens with zero attached hydrogens (tertiary/aromatic N) is 1. The summed E-state index contributed by atoms with van der Waals surface area (Å²) in [5, 5.41) is 0. The van der Waals surface area contributed by atoms with Crippen molar-refractivity contribution in [2.45, 2.75) is 52.2 Å². The maximum absolute atomic E-state index is 12.9. The average Bonchev–Trinajstić information content (AvgIpc) is 3.22. The van der Waals surface area contributed by atoms with E-state index in [9.17, 15) is 9.18 Å². The normalized spacial score (nSPS) is 15.1. The standard InChI is InChI=1S/C17H24FNO2/c1-12(2)11-19(14-7-8-14)16(20)17(3,4)21-15-9-5-13(18)6-10-15/h5-6,9-10,12,14H,7-8,11H2,1-4H3. The molecule has 0 radical (unpaired) electrons. The Morgan fingerprint density at radius 1 is 1.33 bits per heavy atom. The molecule has 2 rings (SSSR count). The Kier molecular flexibility index (Phi) is 4.55. The van der Waals surface area contributed by atoms with Crippen LogP contribution < -0.4 is 4.74 Å². The first-order valence-electron chi connectivity index (χ1n) is 7.55. The Morgan fingerprint density at radius 2 is 1.90 bits per heavy atom. The van der Waals surface area contributed by atoms with Crippen LogP contribution in [0.25, 0.3) is 0 Å². The third-order valence-corrected chi connectivity index (χ3v) is 3.51. The Bertz CT molecular complexity index is 492. The highest BCUT2D eigenvalue weighted by Crippen LogP contribution is 2.31. The molecule has 1 saturated carbocycles. The lowest BCUT2D eigenvalue weighted by Crippen LogP contribution is -2.50. The van der Waals surface area contributed by atoms with Crippen molar-refractivity contribution >= 4 is 5.91 Å². The number of carbonyl (C=O) groups is 1. The molecule has 1 aliphatic rings. The van der Waals surface area contributed by atoms with E-state index < -0.39 is 5.60 Å². The van der Waals surface area contributed by atoms with E-state index in [1.54, 1.807) is 26.0 Å².